The summed E-state index contributed by atoms with van der Waals surface area (Å²) in [6.07, 6.45) is 4.91. The number of carbonyl (C=O) groups is 1. The van der Waals surface area contributed by atoms with Crippen molar-refractivity contribution in [2.24, 2.45) is 5.92 Å². The van der Waals surface area contributed by atoms with Gasteiger partial charge in [0.15, 0.2) is 0 Å². The third-order valence-corrected chi connectivity index (χ3v) is 4.44. The Morgan fingerprint density at radius 3 is 2.67 bits per heavy atom. The molecule has 0 saturated carbocycles. The van der Waals surface area contributed by atoms with E-state index in [4.69, 9.17) is 5.11 Å². The van der Waals surface area contributed by atoms with E-state index in [1.165, 1.54) is 25.7 Å². The summed E-state index contributed by atoms with van der Waals surface area (Å²) in [6, 6.07) is 7.27. The lowest BCUT2D eigenvalue weighted by Gasteiger charge is -2.14. The lowest BCUT2D eigenvalue weighted by Crippen LogP contribution is -2.04. The first kappa shape index (κ1) is 15.1. The highest BCUT2D eigenvalue weighted by molar-refractivity contribution is 7.99. The van der Waals surface area contributed by atoms with Crippen molar-refractivity contribution in [2.75, 3.05) is 5.75 Å². The van der Waals surface area contributed by atoms with Crippen LogP contribution >= 0.6 is 11.8 Å². The van der Waals surface area contributed by atoms with Crippen molar-refractivity contribution in [1.29, 1.82) is 0 Å². The lowest BCUT2D eigenvalue weighted by molar-refractivity contribution is 0.0693. The molecule has 1 unspecified atom stereocenters. The SMILES string of the molecule is CCCCC(CC)CSc1ccccc1C(=O)O. The first-order valence-corrected chi connectivity index (χ1v) is 7.62. The summed E-state index contributed by atoms with van der Waals surface area (Å²) >= 11 is 1.68. The second-order valence-electron chi connectivity index (χ2n) is 4.53. The fourth-order valence-electron chi connectivity index (χ4n) is 1.87. The van der Waals surface area contributed by atoms with Crippen LogP contribution in [0.5, 0.6) is 0 Å². The van der Waals surface area contributed by atoms with Gasteiger partial charge in [-0.15, -0.1) is 11.8 Å². The minimum Gasteiger partial charge on any atom is -0.478 e. The summed E-state index contributed by atoms with van der Waals surface area (Å²) in [5.74, 6) is 0.873. The molecule has 1 rings (SSSR count). The number of unbranched alkanes of at least 4 members (excludes halogenated alkanes) is 1. The summed E-state index contributed by atoms with van der Waals surface area (Å²) in [7, 11) is 0. The van der Waals surface area contributed by atoms with Gasteiger partial charge in [0.1, 0.15) is 0 Å². The molecule has 0 aliphatic carbocycles. The van der Waals surface area contributed by atoms with Crippen molar-refractivity contribution in [1.82, 2.24) is 0 Å². The molecule has 1 N–H and O–H groups in total. The number of hydrogen-bond donors (Lipinski definition) is 1. The Balaban J connectivity index is 2.59. The minimum atomic E-state index is -0.834. The van der Waals surface area contributed by atoms with Crippen LogP contribution in [-0.4, -0.2) is 16.8 Å². The Hall–Kier alpha value is -0.960. The molecule has 0 radical (unpaired) electrons. The molecule has 0 fully saturated rings. The van der Waals surface area contributed by atoms with Crippen LogP contribution in [-0.2, 0) is 0 Å². The van der Waals surface area contributed by atoms with Crippen molar-refractivity contribution < 1.29 is 9.90 Å². The van der Waals surface area contributed by atoms with E-state index in [1.54, 1.807) is 23.9 Å². The van der Waals surface area contributed by atoms with Crippen LogP contribution in [0.2, 0.25) is 0 Å². The van der Waals surface area contributed by atoms with E-state index in [1.807, 2.05) is 12.1 Å². The van der Waals surface area contributed by atoms with E-state index in [9.17, 15) is 4.79 Å². The molecule has 0 aliphatic heterocycles. The van der Waals surface area contributed by atoms with Crippen LogP contribution in [0, 0.1) is 5.92 Å². The fourth-order valence-corrected chi connectivity index (χ4v) is 3.18. The van der Waals surface area contributed by atoms with Gasteiger partial charge in [-0.3, -0.25) is 0 Å². The molecule has 0 aromatic heterocycles. The first-order chi connectivity index (χ1) is 8.69. The number of benzene rings is 1. The molecule has 1 atom stereocenters. The maximum Gasteiger partial charge on any atom is 0.336 e. The highest BCUT2D eigenvalue weighted by atomic mass is 32.2. The topological polar surface area (TPSA) is 37.3 Å². The van der Waals surface area contributed by atoms with Crippen molar-refractivity contribution in [3.63, 3.8) is 0 Å². The van der Waals surface area contributed by atoms with Crippen molar-refractivity contribution >= 4 is 17.7 Å². The molecule has 0 saturated heterocycles. The van der Waals surface area contributed by atoms with Crippen molar-refractivity contribution in [3.8, 4) is 0 Å². The van der Waals surface area contributed by atoms with E-state index in [0.29, 0.717) is 11.5 Å². The van der Waals surface area contributed by atoms with Gasteiger partial charge in [-0.1, -0.05) is 45.2 Å². The predicted octanol–water partition coefficient (Wildman–Crippen LogP) is 4.69. The van der Waals surface area contributed by atoms with Gasteiger partial charge in [0.2, 0.25) is 0 Å². The van der Waals surface area contributed by atoms with Crippen molar-refractivity contribution in [2.45, 2.75) is 44.4 Å². The molecule has 3 heteroatoms. The quantitative estimate of drug-likeness (QED) is 0.693. The maximum atomic E-state index is 11.1. The zero-order valence-corrected chi connectivity index (χ0v) is 12.0. The van der Waals surface area contributed by atoms with Crippen LogP contribution < -0.4 is 0 Å². The monoisotopic (exact) mass is 266 g/mol. The van der Waals surface area contributed by atoms with Crippen LogP contribution in [0.3, 0.4) is 0 Å². The second-order valence-corrected chi connectivity index (χ2v) is 5.59. The third kappa shape index (κ3) is 4.73. The molecule has 2 nitrogen and oxygen atoms in total. The molecule has 0 aliphatic rings. The highest BCUT2D eigenvalue weighted by Crippen LogP contribution is 2.27. The average molecular weight is 266 g/mol. The van der Waals surface area contributed by atoms with Crippen molar-refractivity contribution in [3.05, 3.63) is 29.8 Å². The van der Waals surface area contributed by atoms with Gasteiger partial charge < -0.3 is 5.11 Å². The first-order valence-electron chi connectivity index (χ1n) is 6.64. The Labute approximate surface area is 114 Å². The third-order valence-electron chi connectivity index (χ3n) is 3.14. The second kappa shape index (κ2) is 8.20. The Bertz CT molecular complexity index is 377. The molecule has 18 heavy (non-hydrogen) atoms. The molecule has 0 bridgehead atoms. The highest BCUT2D eigenvalue weighted by Gasteiger charge is 2.12. The van der Waals surface area contributed by atoms with E-state index >= 15 is 0 Å². The summed E-state index contributed by atoms with van der Waals surface area (Å²) in [5, 5.41) is 9.12. The van der Waals surface area contributed by atoms with Crippen LogP contribution in [0.25, 0.3) is 0 Å². The smallest absolute Gasteiger partial charge is 0.336 e. The molecular formula is C15H22O2S. The summed E-state index contributed by atoms with van der Waals surface area (Å²) in [4.78, 5) is 12.0. The predicted molar refractivity (Wildman–Crippen MR) is 77.4 cm³/mol. The number of carboxylic acid groups (broad SMARTS) is 1. The number of carboxylic acids is 1. The van der Waals surface area contributed by atoms with Gasteiger partial charge >= 0.3 is 5.97 Å². The van der Waals surface area contributed by atoms with E-state index in [-0.39, 0.29) is 0 Å². The summed E-state index contributed by atoms with van der Waals surface area (Å²) < 4.78 is 0. The van der Waals surface area contributed by atoms with Crippen LogP contribution in [0.4, 0.5) is 0 Å². The Morgan fingerprint density at radius 2 is 2.06 bits per heavy atom. The van der Waals surface area contributed by atoms with Crippen LogP contribution in [0.1, 0.15) is 49.9 Å². The zero-order chi connectivity index (χ0) is 13.4. The number of aromatic carboxylic acids is 1. The largest absolute Gasteiger partial charge is 0.478 e. The molecule has 0 heterocycles. The fraction of sp³-hybridized carbons (Fsp3) is 0.533. The molecule has 1 aromatic rings. The molecule has 1 aromatic carbocycles. The van der Waals surface area contributed by atoms with Gasteiger partial charge in [-0.05, 0) is 24.5 Å². The normalized spacial score (nSPS) is 12.3. The average Bonchev–Trinajstić information content (AvgIpc) is 2.39. The van der Waals surface area contributed by atoms with Gasteiger partial charge in [-0.2, -0.15) is 0 Å². The number of rotatable bonds is 8. The van der Waals surface area contributed by atoms with E-state index in [2.05, 4.69) is 13.8 Å². The number of thioether (sulfide) groups is 1. The van der Waals surface area contributed by atoms with E-state index in [0.717, 1.165) is 10.6 Å². The Morgan fingerprint density at radius 1 is 1.33 bits per heavy atom. The van der Waals surface area contributed by atoms with Crippen LogP contribution in [0.15, 0.2) is 29.2 Å². The summed E-state index contributed by atoms with van der Waals surface area (Å²) in [6.45, 7) is 4.42. The molecular weight excluding hydrogens is 244 g/mol. The molecule has 100 valence electrons. The lowest BCUT2D eigenvalue weighted by atomic mass is 10.0. The molecule has 0 spiro atoms. The minimum absolute atomic E-state index is 0.424. The molecule has 0 amide bonds. The summed E-state index contributed by atoms with van der Waals surface area (Å²) in [5.41, 5.74) is 0.424. The standard InChI is InChI=1S/C15H22O2S/c1-3-5-8-12(4-2)11-18-14-10-7-6-9-13(14)15(16)17/h6-7,9-10,12H,3-5,8,11H2,1-2H3,(H,16,17). The van der Waals surface area contributed by atoms with Gasteiger partial charge in [-0.25, -0.2) is 4.79 Å². The zero-order valence-electron chi connectivity index (χ0n) is 11.2. The number of hydrogen-bond acceptors (Lipinski definition) is 2. The Kier molecular flexibility index (Phi) is 6.88. The van der Waals surface area contributed by atoms with Gasteiger partial charge in [0.05, 0.1) is 5.56 Å². The van der Waals surface area contributed by atoms with Gasteiger partial charge in [0.25, 0.3) is 0 Å². The maximum absolute atomic E-state index is 11.1. The van der Waals surface area contributed by atoms with Gasteiger partial charge in [0, 0.05) is 10.6 Å². The van der Waals surface area contributed by atoms with E-state index < -0.39 is 5.97 Å².